The molecular weight excluding hydrogens is 404 g/mol. The van der Waals surface area contributed by atoms with Crippen molar-refractivity contribution < 1.29 is 24.2 Å². The molecule has 1 aliphatic rings. The van der Waals surface area contributed by atoms with Gasteiger partial charge < -0.3 is 14.6 Å². The molecule has 1 saturated carbocycles. The van der Waals surface area contributed by atoms with Crippen LogP contribution in [0, 0.1) is 0 Å². The number of rotatable bonds is 16. The predicted octanol–water partition coefficient (Wildman–Crippen LogP) is 7.18. The van der Waals surface area contributed by atoms with E-state index >= 15 is 0 Å². The fourth-order valence-electron chi connectivity index (χ4n) is 3.67. The molecule has 5 heteroatoms. The molecule has 0 amide bonds. The van der Waals surface area contributed by atoms with Crippen LogP contribution in [0.5, 0.6) is 0 Å². The largest absolute Gasteiger partial charge is 0.462 e. The highest BCUT2D eigenvalue weighted by Crippen LogP contribution is 2.29. The van der Waals surface area contributed by atoms with Gasteiger partial charge in [0.2, 0.25) is 5.79 Å². The lowest BCUT2D eigenvalue weighted by Gasteiger charge is -2.30. The molecule has 5 nitrogen and oxygen atoms in total. The minimum Gasteiger partial charge on any atom is -0.462 e. The Labute approximate surface area is 196 Å². The summed E-state index contributed by atoms with van der Waals surface area (Å²) in [4.78, 5) is 21.9. The van der Waals surface area contributed by atoms with E-state index in [-0.39, 0.29) is 5.97 Å². The molecule has 1 fully saturated rings. The quantitative estimate of drug-likeness (QED) is 0.116. The number of unbranched alkanes of at least 4 members (excludes halogenated alkanes) is 11. The number of aliphatic hydroxyl groups is 1. The molecule has 32 heavy (non-hydrogen) atoms. The summed E-state index contributed by atoms with van der Waals surface area (Å²) in [6.45, 7) is 11.3. The van der Waals surface area contributed by atoms with Gasteiger partial charge in [0, 0.05) is 24.5 Å². The van der Waals surface area contributed by atoms with Crippen molar-refractivity contribution in [2.45, 2.75) is 129 Å². The topological polar surface area (TPSA) is 72.8 Å². The Bertz CT molecular complexity index is 520. The van der Waals surface area contributed by atoms with Crippen LogP contribution in [0.15, 0.2) is 24.8 Å². The molecule has 0 aromatic carbocycles. The maximum atomic E-state index is 11.1. The number of hydrogen-bond acceptors (Lipinski definition) is 5. The van der Waals surface area contributed by atoms with Gasteiger partial charge in [-0.05, 0) is 26.2 Å². The summed E-state index contributed by atoms with van der Waals surface area (Å²) < 4.78 is 9.88. The van der Waals surface area contributed by atoms with Crippen molar-refractivity contribution in [1.82, 2.24) is 0 Å². The fraction of sp³-hybridized carbons (Fsp3) is 0.778. The standard InChI is InChI=1S/C18H34O2.C9H14O3/c1-4-5-6-7-8-9-10-11-12-13-14-15-16-20-18(19)17(2)3;1-2-8(10)12-9(11)6-4-3-5-7-9/h2,4-16H2,1,3H3;2,11H,1,3-7H2. The van der Waals surface area contributed by atoms with Crippen LogP contribution in [0.2, 0.25) is 0 Å². The van der Waals surface area contributed by atoms with Crippen LogP contribution in [-0.2, 0) is 19.1 Å². The van der Waals surface area contributed by atoms with Crippen molar-refractivity contribution in [2.75, 3.05) is 6.61 Å². The van der Waals surface area contributed by atoms with E-state index in [2.05, 4.69) is 20.1 Å². The first kappa shape index (κ1) is 30.4. The second kappa shape index (κ2) is 20.0. The first-order valence-electron chi connectivity index (χ1n) is 12.7. The summed E-state index contributed by atoms with van der Waals surface area (Å²) in [7, 11) is 0. The van der Waals surface area contributed by atoms with Crippen LogP contribution < -0.4 is 0 Å². The summed E-state index contributed by atoms with van der Waals surface area (Å²) in [5.74, 6) is -2.02. The number of hydrogen-bond donors (Lipinski definition) is 1. The summed E-state index contributed by atoms with van der Waals surface area (Å²) in [5.41, 5.74) is 0.490. The molecule has 0 aliphatic heterocycles. The van der Waals surface area contributed by atoms with Gasteiger partial charge in [0.1, 0.15) is 0 Å². The average Bonchev–Trinajstić information content (AvgIpc) is 2.77. The van der Waals surface area contributed by atoms with Gasteiger partial charge in [0.05, 0.1) is 6.61 Å². The maximum absolute atomic E-state index is 11.1. The molecule has 1 aliphatic carbocycles. The van der Waals surface area contributed by atoms with Crippen LogP contribution in [-0.4, -0.2) is 29.4 Å². The van der Waals surface area contributed by atoms with Crippen molar-refractivity contribution in [1.29, 1.82) is 0 Å². The molecule has 0 aromatic rings. The summed E-state index contributed by atoms with van der Waals surface area (Å²) in [6, 6.07) is 0. The number of ether oxygens (including phenoxy) is 2. The zero-order valence-corrected chi connectivity index (χ0v) is 20.8. The molecule has 186 valence electrons. The van der Waals surface area contributed by atoms with Crippen LogP contribution >= 0.6 is 0 Å². The van der Waals surface area contributed by atoms with E-state index in [0.717, 1.165) is 31.8 Å². The minimum atomic E-state index is -1.22. The molecule has 0 bridgehead atoms. The van der Waals surface area contributed by atoms with Crippen LogP contribution in [0.3, 0.4) is 0 Å². The number of carbonyl (C=O) groups excluding carboxylic acids is 2. The van der Waals surface area contributed by atoms with E-state index in [1.54, 1.807) is 6.92 Å². The molecule has 0 saturated heterocycles. The smallest absolute Gasteiger partial charge is 0.333 e. The van der Waals surface area contributed by atoms with Crippen molar-refractivity contribution in [2.24, 2.45) is 0 Å². The number of carbonyl (C=O) groups is 2. The van der Waals surface area contributed by atoms with Crippen molar-refractivity contribution >= 4 is 11.9 Å². The highest BCUT2D eigenvalue weighted by Gasteiger charge is 2.32. The first-order valence-corrected chi connectivity index (χ1v) is 12.7. The molecule has 0 spiro atoms. The Hall–Kier alpha value is -1.62. The summed E-state index contributed by atoms with van der Waals surface area (Å²) in [5, 5.41) is 9.68. The zero-order chi connectivity index (χ0) is 24.1. The fourth-order valence-corrected chi connectivity index (χ4v) is 3.67. The van der Waals surface area contributed by atoms with Crippen molar-refractivity contribution in [3.8, 4) is 0 Å². The molecule has 0 aromatic heterocycles. The highest BCUT2D eigenvalue weighted by atomic mass is 16.7. The second-order valence-corrected chi connectivity index (χ2v) is 8.94. The molecule has 0 radical (unpaired) electrons. The van der Waals surface area contributed by atoms with Crippen LogP contribution in [0.25, 0.3) is 0 Å². The third kappa shape index (κ3) is 18.0. The zero-order valence-electron chi connectivity index (χ0n) is 20.8. The third-order valence-corrected chi connectivity index (χ3v) is 5.67. The van der Waals surface area contributed by atoms with E-state index in [9.17, 15) is 14.7 Å². The molecule has 1 N–H and O–H groups in total. The van der Waals surface area contributed by atoms with Crippen LogP contribution in [0.4, 0.5) is 0 Å². The minimum absolute atomic E-state index is 0.256. The predicted molar refractivity (Wildman–Crippen MR) is 131 cm³/mol. The monoisotopic (exact) mass is 452 g/mol. The highest BCUT2D eigenvalue weighted by molar-refractivity contribution is 5.86. The lowest BCUT2D eigenvalue weighted by atomic mass is 9.94. The lowest BCUT2D eigenvalue weighted by molar-refractivity contribution is -0.215. The van der Waals surface area contributed by atoms with E-state index in [1.807, 2.05) is 0 Å². The molecule has 0 heterocycles. The molecular formula is C27H48O5. The molecule has 0 atom stereocenters. The Morgan fingerprint density at radius 1 is 0.875 bits per heavy atom. The van der Waals surface area contributed by atoms with Gasteiger partial charge in [-0.15, -0.1) is 0 Å². The van der Waals surface area contributed by atoms with E-state index in [1.165, 1.54) is 70.6 Å². The summed E-state index contributed by atoms with van der Waals surface area (Å²) >= 11 is 0. The Kier molecular flexibility index (Phi) is 19.0. The van der Waals surface area contributed by atoms with Gasteiger partial charge in [0.25, 0.3) is 0 Å². The SMILES string of the molecule is C=C(C)C(=O)OCCCCCCCCCCCCCC.C=CC(=O)OC1(O)CCCCC1. The van der Waals surface area contributed by atoms with E-state index in [0.29, 0.717) is 25.0 Å². The van der Waals surface area contributed by atoms with Crippen molar-refractivity contribution in [3.63, 3.8) is 0 Å². The maximum Gasteiger partial charge on any atom is 0.333 e. The Morgan fingerprint density at radius 2 is 1.34 bits per heavy atom. The Morgan fingerprint density at radius 3 is 1.78 bits per heavy atom. The van der Waals surface area contributed by atoms with Crippen LogP contribution in [0.1, 0.15) is 123 Å². The van der Waals surface area contributed by atoms with Gasteiger partial charge in [-0.25, -0.2) is 9.59 Å². The average molecular weight is 453 g/mol. The summed E-state index contributed by atoms with van der Waals surface area (Å²) in [6.07, 6.45) is 21.0. The van der Waals surface area contributed by atoms with Gasteiger partial charge in [0.15, 0.2) is 0 Å². The van der Waals surface area contributed by atoms with Gasteiger partial charge in [-0.3, -0.25) is 0 Å². The van der Waals surface area contributed by atoms with Gasteiger partial charge in [-0.1, -0.05) is 97.1 Å². The second-order valence-electron chi connectivity index (χ2n) is 8.94. The molecule has 0 unspecified atom stereocenters. The molecule has 1 rings (SSSR count). The van der Waals surface area contributed by atoms with Gasteiger partial charge in [-0.2, -0.15) is 0 Å². The Balaban J connectivity index is 0.000000677. The van der Waals surface area contributed by atoms with E-state index < -0.39 is 11.8 Å². The number of esters is 2. The first-order chi connectivity index (χ1) is 15.3. The third-order valence-electron chi connectivity index (χ3n) is 5.67. The van der Waals surface area contributed by atoms with Gasteiger partial charge >= 0.3 is 11.9 Å². The normalized spacial score (nSPS) is 14.6. The van der Waals surface area contributed by atoms with E-state index in [4.69, 9.17) is 9.47 Å². The lowest BCUT2D eigenvalue weighted by Crippen LogP contribution is -2.36. The van der Waals surface area contributed by atoms with Crippen molar-refractivity contribution in [3.05, 3.63) is 24.8 Å².